The molecular weight excluding hydrogens is 282 g/mol. The molecule has 2 rings (SSSR count). The summed E-state index contributed by atoms with van der Waals surface area (Å²) in [5.74, 6) is 0.148. The number of carbonyl (C=O) groups is 1. The van der Waals surface area contributed by atoms with Crippen molar-refractivity contribution in [3.8, 4) is 0 Å². The van der Waals surface area contributed by atoms with Crippen molar-refractivity contribution in [2.24, 2.45) is 0 Å². The Balaban J connectivity index is 1.65. The zero-order valence-corrected chi connectivity index (χ0v) is 13.6. The number of thiazole rings is 1. The Bertz CT molecular complexity index is 547. The standard InChI is InChI=1S/C16H23N3OS/c1-19(2)12-6-11-17-15(20)9-5-10-16-18-13-7-3-4-8-14(13)21-16/h3-4,7-8H,5-6,9-12H2,1-2H3,(H,17,20). The summed E-state index contributed by atoms with van der Waals surface area (Å²) in [7, 11) is 4.08. The molecule has 0 saturated carbocycles. The average molecular weight is 305 g/mol. The van der Waals surface area contributed by atoms with Crippen molar-refractivity contribution in [3.05, 3.63) is 29.3 Å². The second-order valence-electron chi connectivity index (χ2n) is 5.44. The van der Waals surface area contributed by atoms with Crippen LogP contribution in [0.3, 0.4) is 0 Å². The molecule has 21 heavy (non-hydrogen) atoms. The smallest absolute Gasteiger partial charge is 0.220 e. The van der Waals surface area contributed by atoms with E-state index >= 15 is 0 Å². The Morgan fingerprint density at radius 3 is 2.86 bits per heavy atom. The maximum atomic E-state index is 11.7. The number of nitrogens with zero attached hydrogens (tertiary/aromatic N) is 2. The number of hydrogen-bond donors (Lipinski definition) is 1. The fourth-order valence-electron chi connectivity index (χ4n) is 2.14. The highest BCUT2D eigenvalue weighted by Gasteiger charge is 2.05. The first-order chi connectivity index (χ1) is 10.1. The molecule has 0 atom stereocenters. The van der Waals surface area contributed by atoms with Crippen molar-refractivity contribution in [1.29, 1.82) is 0 Å². The molecule has 0 aliphatic rings. The fourth-order valence-corrected chi connectivity index (χ4v) is 3.15. The van der Waals surface area contributed by atoms with Gasteiger partial charge in [-0.3, -0.25) is 4.79 Å². The van der Waals surface area contributed by atoms with Crippen molar-refractivity contribution in [2.45, 2.75) is 25.7 Å². The maximum Gasteiger partial charge on any atom is 0.220 e. The van der Waals surface area contributed by atoms with Gasteiger partial charge in [-0.05, 0) is 52.0 Å². The molecule has 0 spiro atoms. The SMILES string of the molecule is CN(C)CCCNC(=O)CCCc1nc2ccccc2s1. The highest BCUT2D eigenvalue weighted by Crippen LogP contribution is 2.22. The van der Waals surface area contributed by atoms with Crippen LogP contribution in [-0.2, 0) is 11.2 Å². The lowest BCUT2D eigenvalue weighted by molar-refractivity contribution is -0.121. The van der Waals surface area contributed by atoms with E-state index in [1.165, 1.54) is 4.70 Å². The highest BCUT2D eigenvalue weighted by atomic mass is 32.1. The van der Waals surface area contributed by atoms with E-state index in [0.717, 1.165) is 42.9 Å². The van der Waals surface area contributed by atoms with Gasteiger partial charge in [-0.15, -0.1) is 11.3 Å². The van der Waals surface area contributed by atoms with Gasteiger partial charge in [0.25, 0.3) is 0 Å². The maximum absolute atomic E-state index is 11.7. The summed E-state index contributed by atoms with van der Waals surface area (Å²) in [5.41, 5.74) is 1.06. The molecule has 0 aliphatic heterocycles. The zero-order valence-electron chi connectivity index (χ0n) is 12.8. The summed E-state index contributed by atoms with van der Waals surface area (Å²) in [6, 6.07) is 8.17. The Hall–Kier alpha value is -1.46. The van der Waals surface area contributed by atoms with Gasteiger partial charge in [0.05, 0.1) is 15.2 Å². The van der Waals surface area contributed by atoms with Gasteiger partial charge in [-0.25, -0.2) is 4.98 Å². The minimum absolute atomic E-state index is 0.148. The molecular formula is C16H23N3OS. The molecule has 1 aromatic heterocycles. The van der Waals surface area contributed by atoms with Crippen LogP contribution in [-0.4, -0.2) is 43.0 Å². The van der Waals surface area contributed by atoms with Crippen LogP contribution in [0.25, 0.3) is 10.2 Å². The Kier molecular flexibility index (Phi) is 6.14. The molecule has 4 nitrogen and oxygen atoms in total. The molecule has 0 saturated heterocycles. The van der Waals surface area contributed by atoms with Gasteiger partial charge in [-0.1, -0.05) is 12.1 Å². The molecule has 0 bridgehead atoms. The predicted molar refractivity (Wildman–Crippen MR) is 88.7 cm³/mol. The molecule has 0 radical (unpaired) electrons. The van der Waals surface area contributed by atoms with Gasteiger partial charge >= 0.3 is 0 Å². The van der Waals surface area contributed by atoms with Crippen molar-refractivity contribution >= 4 is 27.5 Å². The first-order valence-electron chi connectivity index (χ1n) is 7.41. The molecule has 1 N–H and O–H groups in total. The van der Waals surface area contributed by atoms with Crippen LogP contribution in [0.5, 0.6) is 0 Å². The van der Waals surface area contributed by atoms with Gasteiger partial charge in [0.1, 0.15) is 0 Å². The number of nitrogens with one attached hydrogen (secondary N) is 1. The van der Waals surface area contributed by atoms with Crippen LogP contribution in [0.4, 0.5) is 0 Å². The van der Waals surface area contributed by atoms with Crippen LogP contribution >= 0.6 is 11.3 Å². The van der Waals surface area contributed by atoms with Crippen molar-refractivity contribution in [2.75, 3.05) is 27.2 Å². The van der Waals surface area contributed by atoms with Crippen LogP contribution in [0.1, 0.15) is 24.3 Å². The first kappa shape index (κ1) is 15.9. The van der Waals surface area contributed by atoms with Crippen LogP contribution in [0.2, 0.25) is 0 Å². The lowest BCUT2D eigenvalue weighted by atomic mass is 10.2. The number of fused-ring (bicyclic) bond motifs is 1. The number of rotatable bonds is 8. The largest absolute Gasteiger partial charge is 0.356 e. The molecule has 1 aromatic carbocycles. The van der Waals surface area contributed by atoms with Gasteiger partial charge < -0.3 is 10.2 Å². The van der Waals surface area contributed by atoms with Gasteiger partial charge in [-0.2, -0.15) is 0 Å². The topological polar surface area (TPSA) is 45.2 Å². The van der Waals surface area contributed by atoms with E-state index in [4.69, 9.17) is 0 Å². The summed E-state index contributed by atoms with van der Waals surface area (Å²) < 4.78 is 1.22. The lowest BCUT2D eigenvalue weighted by Crippen LogP contribution is -2.26. The van der Waals surface area contributed by atoms with Gasteiger partial charge in [0.15, 0.2) is 0 Å². The van der Waals surface area contributed by atoms with Crippen molar-refractivity contribution in [3.63, 3.8) is 0 Å². The van der Waals surface area contributed by atoms with E-state index in [0.29, 0.717) is 6.42 Å². The number of carbonyl (C=O) groups excluding carboxylic acids is 1. The van der Waals surface area contributed by atoms with Gasteiger partial charge in [0.2, 0.25) is 5.91 Å². The van der Waals surface area contributed by atoms with E-state index < -0.39 is 0 Å². The van der Waals surface area contributed by atoms with Crippen LogP contribution in [0.15, 0.2) is 24.3 Å². The molecule has 1 heterocycles. The summed E-state index contributed by atoms with van der Waals surface area (Å²) in [6.07, 6.45) is 3.32. The third-order valence-electron chi connectivity index (χ3n) is 3.24. The second-order valence-corrected chi connectivity index (χ2v) is 6.55. The molecule has 114 valence electrons. The van der Waals surface area contributed by atoms with E-state index in [2.05, 4.69) is 21.3 Å². The molecule has 1 amide bonds. The quantitative estimate of drug-likeness (QED) is 0.763. The van der Waals surface area contributed by atoms with E-state index in [9.17, 15) is 4.79 Å². The van der Waals surface area contributed by atoms with E-state index in [1.54, 1.807) is 11.3 Å². The zero-order chi connectivity index (χ0) is 15.1. The minimum Gasteiger partial charge on any atom is -0.356 e. The highest BCUT2D eigenvalue weighted by molar-refractivity contribution is 7.18. The summed E-state index contributed by atoms with van der Waals surface area (Å²) in [4.78, 5) is 18.4. The monoisotopic (exact) mass is 305 g/mol. The predicted octanol–water partition coefficient (Wildman–Crippen LogP) is 2.69. The number of aryl methyl sites for hydroxylation is 1. The Morgan fingerprint density at radius 1 is 1.29 bits per heavy atom. The van der Waals surface area contributed by atoms with Crippen LogP contribution < -0.4 is 5.32 Å². The van der Waals surface area contributed by atoms with Crippen molar-refractivity contribution in [1.82, 2.24) is 15.2 Å². The van der Waals surface area contributed by atoms with E-state index in [1.807, 2.05) is 32.3 Å². The minimum atomic E-state index is 0.148. The lowest BCUT2D eigenvalue weighted by Gasteiger charge is -2.09. The average Bonchev–Trinajstić information content (AvgIpc) is 2.86. The van der Waals surface area contributed by atoms with Crippen LogP contribution in [0, 0.1) is 0 Å². The number of aromatic nitrogens is 1. The molecule has 5 heteroatoms. The summed E-state index contributed by atoms with van der Waals surface area (Å²) in [5, 5.41) is 4.09. The molecule has 0 aliphatic carbocycles. The fraction of sp³-hybridized carbons (Fsp3) is 0.500. The number of para-hydroxylation sites is 1. The number of benzene rings is 1. The second kappa shape index (κ2) is 8.10. The van der Waals surface area contributed by atoms with Crippen molar-refractivity contribution < 1.29 is 4.79 Å². The third kappa shape index (κ3) is 5.44. The summed E-state index contributed by atoms with van der Waals surface area (Å²) >= 11 is 1.73. The number of hydrogen-bond acceptors (Lipinski definition) is 4. The van der Waals surface area contributed by atoms with E-state index in [-0.39, 0.29) is 5.91 Å². The first-order valence-corrected chi connectivity index (χ1v) is 8.22. The molecule has 0 unspecified atom stereocenters. The number of amides is 1. The third-order valence-corrected chi connectivity index (χ3v) is 4.33. The van der Waals surface area contributed by atoms with Gasteiger partial charge in [0, 0.05) is 13.0 Å². The normalized spacial score (nSPS) is 11.2. The Labute approximate surface area is 130 Å². The summed E-state index contributed by atoms with van der Waals surface area (Å²) in [6.45, 7) is 1.77. The Morgan fingerprint density at radius 2 is 2.10 bits per heavy atom. The molecule has 0 fully saturated rings. The molecule has 2 aromatic rings.